The maximum atomic E-state index is 11.9. The number of urea groups is 1. The zero-order valence-electron chi connectivity index (χ0n) is 10.4. The summed E-state index contributed by atoms with van der Waals surface area (Å²) in [5, 5.41) is 29.2. The van der Waals surface area contributed by atoms with E-state index in [-0.39, 0.29) is 31.6 Å². The van der Waals surface area contributed by atoms with Gasteiger partial charge in [0.2, 0.25) is 0 Å². The average molecular weight is 260 g/mol. The molecule has 1 rings (SSSR count). The van der Waals surface area contributed by atoms with Crippen LogP contribution in [0.2, 0.25) is 0 Å². The van der Waals surface area contributed by atoms with Crippen LogP contribution in [0.1, 0.15) is 19.8 Å². The van der Waals surface area contributed by atoms with Crippen LogP contribution >= 0.6 is 0 Å². The summed E-state index contributed by atoms with van der Waals surface area (Å²) < 4.78 is 0. The standard InChI is InChI=1S/C11H20N2O5/c1-7-2-4-13(9(7)6-15)11(18)12-8(3-5-14)10(16)17/h7-9,14-15H,2-6H2,1H3,(H,12,18)(H,16,17)/t7?,8-,9?/m0/s1. The molecule has 3 atom stereocenters. The number of carbonyl (C=O) groups excluding carboxylic acids is 1. The molecule has 0 aromatic carbocycles. The first-order chi connectivity index (χ1) is 8.51. The molecule has 2 unspecified atom stereocenters. The molecular formula is C11H20N2O5. The highest BCUT2D eigenvalue weighted by Gasteiger charge is 2.35. The number of carbonyl (C=O) groups is 2. The molecule has 1 aliphatic heterocycles. The minimum Gasteiger partial charge on any atom is -0.480 e. The van der Waals surface area contributed by atoms with Gasteiger partial charge in [-0.15, -0.1) is 0 Å². The molecule has 7 heteroatoms. The molecule has 0 aromatic heterocycles. The molecule has 0 aliphatic carbocycles. The smallest absolute Gasteiger partial charge is 0.326 e. The van der Waals surface area contributed by atoms with Crippen molar-refractivity contribution in [1.82, 2.24) is 10.2 Å². The maximum absolute atomic E-state index is 11.9. The lowest BCUT2D eigenvalue weighted by Gasteiger charge is -2.27. The Morgan fingerprint density at radius 3 is 2.61 bits per heavy atom. The van der Waals surface area contributed by atoms with E-state index in [4.69, 9.17) is 10.2 Å². The third kappa shape index (κ3) is 3.33. The van der Waals surface area contributed by atoms with Crippen molar-refractivity contribution in [2.45, 2.75) is 31.8 Å². The molecule has 2 amide bonds. The molecule has 1 fully saturated rings. The van der Waals surface area contributed by atoms with Gasteiger partial charge in [0.05, 0.1) is 12.6 Å². The van der Waals surface area contributed by atoms with E-state index in [1.54, 1.807) is 0 Å². The first-order valence-corrected chi connectivity index (χ1v) is 6.03. The van der Waals surface area contributed by atoms with E-state index in [9.17, 15) is 14.7 Å². The van der Waals surface area contributed by atoms with Crippen molar-refractivity contribution in [2.75, 3.05) is 19.8 Å². The predicted molar refractivity (Wildman–Crippen MR) is 63.0 cm³/mol. The van der Waals surface area contributed by atoms with E-state index < -0.39 is 18.0 Å². The van der Waals surface area contributed by atoms with Gasteiger partial charge in [0.15, 0.2) is 0 Å². The fourth-order valence-electron chi connectivity index (χ4n) is 2.16. The summed E-state index contributed by atoms with van der Waals surface area (Å²) in [5.74, 6) is -0.980. The molecule has 18 heavy (non-hydrogen) atoms. The minimum absolute atomic E-state index is 0.0335. The Balaban J connectivity index is 2.61. The molecule has 7 nitrogen and oxygen atoms in total. The molecule has 0 saturated carbocycles. The van der Waals surface area contributed by atoms with Gasteiger partial charge in [-0.3, -0.25) is 0 Å². The van der Waals surface area contributed by atoms with E-state index in [0.717, 1.165) is 6.42 Å². The van der Waals surface area contributed by atoms with Gasteiger partial charge in [0.1, 0.15) is 6.04 Å². The number of amides is 2. The molecule has 104 valence electrons. The quantitative estimate of drug-likeness (QED) is 0.519. The number of hydrogen-bond donors (Lipinski definition) is 4. The summed E-state index contributed by atoms with van der Waals surface area (Å²) in [4.78, 5) is 24.2. The molecule has 1 saturated heterocycles. The van der Waals surface area contributed by atoms with E-state index in [0.29, 0.717) is 6.54 Å². The minimum atomic E-state index is -1.18. The summed E-state index contributed by atoms with van der Waals surface area (Å²) in [6.07, 6.45) is 0.755. The number of aliphatic carboxylic acids is 1. The molecular weight excluding hydrogens is 240 g/mol. The molecule has 0 bridgehead atoms. The summed E-state index contributed by atoms with van der Waals surface area (Å²) in [6.45, 7) is 2.00. The number of aliphatic hydroxyl groups excluding tert-OH is 2. The lowest BCUT2D eigenvalue weighted by Crippen LogP contribution is -2.51. The van der Waals surface area contributed by atoms with Crippen LogP contribution in [0.4, 0.5) is 4.79 Å². The van der Waals surface area contributed by atoms with Gasteiger partial charge in [-0.2, -0.15) is 0 Å². The van der Waals surface area contributed by atoms with Gasteiger partial charge >= 0.3 is 12.0 Å². The van der Waals surface area contributed by atoms with E-state index in [1.807, 2.05) is 6.92 Å². The lowest BCUT2D eigenvalue weighted by molar-refractivity contribution is -0.139. The fourth-order valence-corrected chi connectivity index (χ4v) is 2.16. The fraction of sp³-hybridized carbons (Fsp3) is 0.818. The zero-order valence-corrected chi connectivity index (χ0v) is 10.4. The molecule has 4 N–H and O–H groups in total. The summed E-state index contributed by atoms with van der Waals surface area (Å²) in [5.41, 5.74) is 0. The lowest BCUT2D eigenvalue weighted by atomic mass is 10.0. The number of nitrogens with zero attached hydrogens (tertiary/aromatic N) is 1. The van der Waals surface area contributed by atoms with Crippen molar-refractivity contribution >= 4 is 12.0 Å². The number of hydrogen-bond acceptors (Lipinski definition) is 4. The van der Waals surface area contributed by atoms with Gasteiger partial charge in [-0.25, -0.2) is 9.59 Å². The highest BCUT2D eigenvalue weighted by atomic mass is 16.4. The Bertz CT molecular complexity index is 310. The first kappa shape index (κ1) is 14.7. The number of likely N-dealkylation sites (tertiary alicyclic amines) is 1. The Labute approximate surface area is 105 Å². The Kier molecular flexibility index (Phi) is 5.36. The number of rotatable bonds is 5. The molecule has 0 aromatic rings. The number of carboxylic acids is 1. The summed E-state index contributed by atoms with van der Waals surface area (Å²) >= 11 is 0. The molecule has 0 radical (unpaired) electrons. The second-order valence-corrected chi connectivity index (χ2v) is 4.56. The predicted octanol–water partition coefficient (Wildman–Crippen LogP) is -0.766. The Hall–Kier alpha value is -1.34. The van der Waals surface area contributed by atoms with Crippen molar-refractivity contribution in [3.63, 3.8) is 0 Å². The highest BCUT2D eigenvalue weighted by molar-refractivity contribution is 5.82. The van der Waals surface area contributed by atoms with Gasteiger partial charge in [0, 0.05) is 19.6 Å². The van der Waals surface area contributed by atoms with Crippen LogP contribution in [-0.2, 0) is 4.79 Å². The summed E-state index contributed by atoms with van der Waals surface area (Å²) in [6, 6.07) is -1.87. The van der Waals surface area contributed by atoms with Crippen molar-refractivity contribution in [2.24, 2.45) is 5.92 Å². The number of nitrogens with one attached hydrogen (secondary N) is 1. The SMILES string of the molecule is CC1CCN(C(=O)N[C@@H](CCO)C(=O)O)C1CO. The van der Waals surface area contributed by atoms with Crippen LogP contribution in [0.3, 0.4) is 0 Å². The Morgan fingerprint density at radius 2 is 2.11 bits per heavy atom. The monoisotopic (exact) mass is 260 g/mol. The van der Waals surface area contributed by atoms with Crippen molar-refractivity contribution in [3.8, 4) is 0 Å². The maximum Gasteiger partial charge on any atom is 0.326 e. The second-order valence-electron chi connectivity index (χ2n) is 4.56. The normalized spacial score (nSPS) is 24.9. The van der Waals surface area contributed by atoms with Crippen LogP contribution in [0.5, 0.6) is 0 Å². The average Bonchev–Trinajstić information content (AvgIpc) is 2.69. The van der Waals surface area contributed by atoms with E-state index >= 15 is 0 Å². The van der Waals surface area contributed by atoms with Crippen molar-refractivity contribution in [3.05, 3.63) is 0 Å². The van der Waals surface area contributed by atoms with Crippen LogP contribution in [0.25, 0.3) is 0 Å². The third-order valence-corrected chi connectivity index (χ3v) is 3.34. The number of aliphatic hydroxyl groups is 2. The molecule has 1 heterocycles. The van der Waals surface area contributed by atoms with Crippen LogP contribution in [-0.4, -0.2) is 64.1 Å². The van der Waals surface area contributed by atoms with Gasteiger partial charge in [-0.1, -0.05) is 6.92 Å². The summed E-state index contributed by atoms with van der Waals surface area (Å²) in [7, 11) is 0. The van der Waals surface area contributed by atoms with Crippen LogP contribution < -0.4 is 5.32 Å². The molecule has 1 aliphatic rings. The highest BCUT2D eigenvalue weighted by Crippen LogP contribution is 2.23. The second kappa shape index (κ2) is 6.55. The first-order valence-electron chi connectivity index (χ1n) is 6.03. The van der Waals surface area contributed by atoms with E-state index in [1.165, 1.54) is 4.90 Å². The van der Waals surface area contributed by atoms with Crippen LogP contribution in [0.15, 0.2) is 0 Å². The van der Waals surface area contributed by atoms with Crippen molar-refractivity contribution in [1.29, 1.82) is 0 Å². The number of carboxylic acid groups (broad SMARTS) is 1. The van der Waals surface area contributed by atoms with Gasteiger partial charge in [-0.05, 0) is 12.3 Å². The molecule has 0 spiro atoms. The van der Waals surface area contributed by atoms with Gasteiger partial charge < -0.3 is 25.5 Å². The topological polar surface area (TPSA) is 110 Å². The van der Waals surface area contributed by atoms with Crippen molar-refractivity contribution < 1.29 is 24.9 Å². The zero-order chi connectivity index (χ0) is 13.7. The van der Waals surface area contributed by atoms with Gasteiger partial charge in [0.25, 0.3) is 0 Å². The van der Waals surface area contributed by atoms with E-state index in [2.05, 4.69) is 5.32 Å². The van der Waals surface area contributed by atoms with Crippen LogP contribution in [0, 0.1) is 5.92 Å². The third-order valence-electron chi connectivity index (χ3n) is 3.34. The largest absolute Gasteiger partial charge is 0.480 e. The Morgan fingerprint density at radius 1 is 1.44 bits per heavy atom.